The molecule has 0 unspecified atom stereocenters. The molecule has 33 heavy (non-hydrogen) atoms. The number of alkyl carbamates (subject to hydrolysis) is 1. The van der Waals surface area contributed by atoms with E-state index in [9.17, 15) is 14.7 Å². The first kappa shape index (κ1) is 28.8. The molecule has 1 aliphatic carbocycles. The molecule has 1 aromatic rings. The van der Waals surface area contributed by atoms with E-state index in [4.69, 9.17) is 4.74 Å². The maximum absolute atomic E-state index is 12.1. The molecule has 2 rings (SSSR count). The van der Waals surface area contributed by atoms with Crippen LogP contribution in [0.2, 0.25) is 0 Å². The molecule has 0 radical (unpaired) electrons. The van der Waals surface area contributed by atoms with Crippen LogP contribution in [-0.4, -0.2) is 60.4 Å². The fourth-order valence-corrected chi connectivity index (χ4v) is 3.42. The number of ether oxygens (including phenoxy) is 1. The summed E-state index contributed by atoms with van der Waals surface area (Å²) >= 11 is 0. The second-order valence-corrected chi connectivity index (χ2v) is 8.90. The largest absolute Gasteiger partial charge is 0.508 e. The number of halogens is 1. The Bertz CT molecular complexity index is 772. The van der Waals surface area contributed by atoms with E-state index in [1.165, 1.54) is 12.1 Å². The number of hydrogen-bond donors (Lipinski definition) is 5. The highest BCUT2D eigenvalue weighted by Gasteiger charge is 2.25. The Hall–Kier alpha value is -2.24. The summed E-state index contributed by atoms with van der Waals surface area (Å²) in [6, 6.07) is 6.52. The Morgan fingerprint density at radius 1 is 1.03 bits per heavy atom. The van der Waals surface area contributed by atoms with Gasteiger partial charge in [-0.3, -0.25) is 9.79 Å². The Labute approximate surface area is 213 Å². The van der Waals surface area contributed by atoms with Crippen LogP contribution in [0.15, 0.2) is 29.3 Å². The third-order valence-electron chi connectivity index (χ3n) is 4.93. The maximum Gasteiger partial charge on any atom is 0.407 e. The Morgan fingerprint density at radius 2 is 1.61 bits per heavy atom. The van der Waals surface area contributed by atoms with Crippen LogP contribution in [0, 0.1) is 0 Å². The second-order valence-electron chi connectivity index (χ2n) is 8.90. The number of guanidine groups is 1. The van der Waals surface area contributed by atoms with Gasteiger partial charge in [-0.25, -0.2) is 4.79 Å². The summed E-state index contributed by atoms with van der Waals surface area (Å²) in [7, 11) is 0. The number of rotatable bonds is 7. The predicted molar refractivity (Wildman–Crippen MR) is 140 cm³/mol. The zero-order valence-corrected chi connectivity index (χ0v) is 22.3. The Morgan fingerprint density at radius 3 is 2.15 bits per heavy atom. The van der Waals surface area contributed by atoms with Crippen molar-refractivity contribution in [1.29, 1.82) is 0 Å². The number of phenols is 1. The molecule has 1 fully saturated rings. The zero-order chi connectivity index (χ0) is 23.6. The van der Waals surface area contributed by atoms with Crippen molar-refractivity contribution in [3.05, 3.63) is 29.8 Å². The van der Waals surface area contributed by atoms with Gasteiger partial charge in [0.25, 0.3) is 5.91 Å². The Kier molecular flexibility index (Phi) is 12.3. The lowest BCUT2D eigenvalue weighted by Gasteiger charge is -2.31. The summed E-state index contributed by atoms with van der Waals surface area (Å²) in [6.07, 6.45) is 3.22. The highest BCUT2D eigenvalue weighted by molar-refractivity contribution is 14.0. The first-order chi connectivity index (χ1) is 15.2. The van der Waals surface area contributed by atoms with E-state index in [-0.39, 0.29) is 53.8 Å². The van der Waals surface area contributed by atoms with E-state index >= 15 is 0 Å². The molecule has 0 atom stereocenters. The molecule has 2 amide bonds. The summed E-state index contributed by atoms with van der Waals surface area (Å²) in [4.78, 5) is 28.6. The van der Waals surface area contributed by atoms with Gasteiger partial charge in [0.1, 0.15) is 11.4 Å². The van der Waals surface area contributed by atoms with Gasteiger partial charge in [-0.15, -0.1) is 24.0 Å². The number of hydrogen-bond acceptors (Lipinski definition) is 5. The lowest BCUT2D eigenvalue weighted by molar-refractivity contribution is 0.0490. The number of benzene rings is 1. The van der Waals surface area contributed by atoms with Gasteiger partial charge in [0.15, 0.2) is 5.96 Å². The van der Waals surface area contributed by atoms with Gasteiger partial charge in [-0.05, 0) is 77.6 Å². The molecular formula is C23H38IN5O4. The van der Waals surface area contributed by atoms with E-state index in [1.54, 1.807) is 12.1 Å². The first-order valence-electron chi connectivity index (χ1n) is 11.3. The van der Waals surface area contributed by atoms with Gasteiger partial charge in [-0.2, -0.15) is 0 Å². The summed E-state index contributed by atoms with van der Waals surface area (Å²) in [5.41, 5.74) is -0.00243. The predicted octanol–water partition coefficient (Wildman–Crippen LogP) is 3.13. The summed E-state index contributed by atoms with van der Waals surface area (Å²) in [6.45, 7) is 9.15. The van der Waals surface area contributed by atoms with E-state index in [0.29, 0.717) is 18.7 Å². The molecule has 1 saturated carbocycles. The minimum atomic E-state index is -0.496. The molecule has 0 saturated heterocycles. The van der Waals surface area contributed by atoms with Crippen molar-refractivity contribution in [2.75, 3.05) is 19.6 Å². The van der Waals surface area contributed by atoms with Crippen LogP contribution in [-0.2, 0) is 4.74 Å². The average molecular weight is 575 g/mol. The molecule has 10 heteroatoms. The fourth-order valence-electron chi connectivity index (χ4n) is 3.42. The standard InChI is InChI=1S/C23H37N5O4.HI/c1-5-24-21(26-15-14-25-20(30)16-6-12-19(29)13-7-16)27-17-8-10-18(11-9-17)28-22(31)32-23(2,3)4;/h6-7,12-13,17-18,29H,5,8-11,14-15H2,1-4H3,(H,25,30)(H,28,31)(H2,24,26,27);1H. The highest BCUT2D eigenvalue weighted by atomic mass is 127. The van der Waals surface area contributed by atoms with Crippen molar-refractivity contribution in [3.63, 3.8) is 0 Å². The van der Waals surface area contributed by atoms with Gasteiger partial charge in [0.05, 0.1) is 6.54 Å². The van der Waals surface area contributed by atoms with Crippen molar-refractivity contribution < 1.29 is 19.4 Å². The molecule has 0 aromatic heterocycles. The molecule has 0 spiro atoms. The highest BCUT2D eigenvalue weighted by Crippen LogP contribution is 2.19. The number of amides is 2. The third kappa shape index (κ3) is 11.4. The zero-order valence-electron chi connectivity index (χ0n) is 19.9. The van der Waals surface area contributed by atoms with E-state index in [1.807, 2.05) is 27.7 Å². The number of carbonyl (C=O) groups excluding carboxylic acids is 2. The van der Waals surface area contributed by atoms with E-state index in [0.717, 1.165) is 38.2 Å². The quantitative estimate of drug-likeness (QED) is 0.147. The van der Waals surface area contributed by atoms with E-state index in [2.05, 4.69) is 26.3 Å². The van der Waals surface area contributed by atoms with Gasteiger partial charge in [0, 0.05) is 30.7 Å². The van der Waals surface area contributed by atoms with Crippen LogP contribution in [0.3, 0.4) is 0 Å². The summed E-state index contributed by atoms with van der Waals surface area (Å²) in [5, 5.41) is 21.8. The smallest absolute Gasteiger partial charge is 0.407 e. The van der Waals surface area contributed by atoms with Crippen LogP contribution in [0.1, 0.15) is 63.7 Å². The molecule has 1 aliphatic rings. The van der Waals surface area contributed by atoms with Gasteiger partial charge >= 0.3 is 6.09 Å². The second kappa shape index (κ2) is 14.1. The number of nitrogens with one attached hydrogen (secondary N) is 4. The molecular weight excluding hydrogens is 537 g/mol. The van der Waals surface area contributed by atoms with Crippen LogP contribution in [0.4, 0.5) is 4.79 Å². The minimum absolute atomic E-state index is 0. The van der Waals surface area contributed by atoms with Gasteiger partial charge < -0.3 is 31.1 Å². The van der Waals surface area contributed by atoms with Gasteiger partial charge in [0.2, 0.25) is 0 Å². The van der Waals surface area contributed by atoms with Crippen LogP contribution < -0.4 is 21.3 Å². The van der Waals surface area contributed by atoms with Crippen molar-refractivity contribution in [1.82, 2.24) is 21.3 Å². The molecule has 5 N–H and O–H groups in total. The fraction of sp³-hybridized carbons (Fsp3) is 0.609. The lowest BCUT2D eigenvalue weighted by atomic mass is 9.91. The summed E-state index contributed by atoms with van der Waals surface area (Å²) in [5.74, 6) is 0.645. The van der Waals surface area contributed by atoms with Crippen molar-refractivity contribution >= 4 is 41.9 Å². The monoisotopic (exact) mass is 575 g/mol. The number of aromatic hydroxyl groups is 1. The summed E-state index contributed by atoms with van der Waals surface area (Å²) < 4.78 is 5.33. The minimum Gasteiger partial charge on any atom is -0.508 e. The SMILES string of the molecule is CCNC(=NCCNC(=O)c1ccc(O)cc1)NC1CCC(NC(=O)OC(C)(C)C)CC1.I. The third-order valence-corrected chi connectivity index (χ3v) is 4.93. The van der Waals surface area contributed by atoms with Crippen molar-refractivity contribution in [2.24, 2.45) is 4.99 Å². The molecule has 1 aromatic carbocycles. The normalized spacial score (nSPS) is 18.5. The van der Waals surface area contributed by atoms with Crippen molar-refractivity contribution in [3.8, 4) is 5.75 Å². The van der Waals surface area contributed by atoms with Crippen molar-refractivity contribution in [2.45, 2.75) is 71.1 Å². The van der Waals surface area contributed by atoms with Gasteiger partial charge in [-0.1, -0.05) is 0 Å². The molecule has 9 nitrogen and oxygen atoms in total. The van der Waals surface area contributed by atoms with E-state index < -0.39 is 5.60 Å². The molecule has 186 valence electrons. The topological polar surface area (TPSA) is 124 Å². The number of aliphatic imine (C=N–C) groups is 1. The lowest BCUT2D eigenvalue weighted by Crippen LogP contribution is -2.48. The first-order valence-corrected chi connectivity index (χ1v) is 11.3. The average Bonchev–Trinajstić information content (AvgIpc) is 2.71. The van der Waals surface area contributed by atoms with Crippen LogP contribution >= 0.6 is 24.0 Å². The maximum atomic E-state index is 12.1. The number of nitrogens with zero attached hydrogens (tertiary/aromatic N) is 1. The number of carbonyl (C=O) groups is 2. The number of phenolic OH excluding ortho intramolecular Hbond substituents is 1. The molecule has 0 aliphatic heterocycles. The molecule has 0 heterocycles. The molecule has 0 bridgehead atoms. The van der Waals surface area contributed by atoms with Crippen LogP contribution in [0.25, 0.3) is 0 Å². The Balaban J connectivity index is 0.00000544. The van der Waals surface area contributed by atoms with Crippen LogP contribution in [0.5, 0.6) is 5.75 Å².